The van der Waals surface area contributed by atoms with Crippen molar-refractivity contribution in [3.05, 3.63) is 29.3 Å². The molecule has 21 heavy (non-hydrogen) atoms. The second kappa shape index (κ2) is 7.35. The molecule has 0 bridgehead atoms. The first-order valence-corrected chi connectivity index (χ1v) is 8.89. The molecule has 1 fully saturated rings. The summed E-state index contributed by atoms with van der Waals surface area (Å²) in [4.78, 5) is 0.385. The van der Waals surface area contributed by atoms with Crippen molar-refractivity contribution in [2.45, 2.75) is 43.7 Å². The number of hydrogen-bond donors (Lipinski definition) is 2. The van der Waals surface area contributed by atoms with E-state index in [0.29, 0.717) is 24.0 Å². The molecule has 1 aliphatic carbocycles. The van der Waals surface area contributed by atoms with Crippen molar-refractivity contribution < 1.29 is 13.2 Å². The van der Waals surface area contributed by atoms with E-state index >= 15 is 0 Å². The molecule has 1 saturated carbocycles. The maximum Gasteiger partial charge on any atom is 0.240 e. The van der Waals surface area contributed by atoms with E-state index in [2.05, 4.69) is 10.0 Å². The summed E-state index contributed by atoms with van der Waals surface area (Å²) in [6.45, 7) is 3.33. The number of aryl methyl sites for hydroxylation is 1. The Morgan fingerprint density at radius 1 is 1.33 bits per heavy atom. The highest BCUT2D eigenvalue weighted by molar-refractivity contribution is 7.89. The van der Waals surface area contributed by atoms with Gasteiger partial charge in [-0.1, -0.05) is 19.1 Å². The Morgan fingerprint density at radius 3 is 2.71 bits per heavy atom. The zero-order chi connectivity index (χ0) is 15.3. The first-order valence-electron chi connectivity index (χ1n) is 7.40. The fourth-order valence-electron chi connectivity index (χ4n) is 2.16. The molecule has 0 radical (unpaired) electrons. The summed E-state index contributed by atoms with van der Waals surface area (Å²) in [6.07, 6.45) is 3.13. The van der Waals surface area contributed by atoms with Crippen LogP contribution in [0.2, 0.25) is 0 Å². The number of benzene rings is 1. The summed E-state index contributed by atoms with van der Waals surface area (Å²) in [5, 5.41) is 3.41. The van der Waals surface area contributed by atoms with Gasteiger partial charge in [-0.15, -0.1) is 0 Å². The van der Waals surface area contributed by atoms with Crippen LogP contribution in [0.15, 0.2) is 23.1 Å². The van der Waals surface area contributed by atoms with Crippen molar-refractivity contribution in [2.24, 2.45) is 0 Å². The summed E-state index contributed by atoms with van der Waals surface area (Å²) in [7, 11) is -1.93. The zero-order valence-corrected chi connectivity index (χ0v) is 13.5. The summed E-state index contributed by atoms with van der Waals surface area (Å²) in [5.41, 5.74) is 1.85. The van der Waals surface area contributed by atoms with E-state index in [1.807, 2.05) is 19.1 Å². The number of ether oxygens (including phenoxy) is 1. The number of rotatable bonds is 9. The van der Waals surface area contributed by atoms with Crippen LogP contribution in [-0.2, 0) is 27.7 Å². The number of methoxy groups -OCH3 is 1. The lowest BCUT2D eigenvalue weighted by Crippen LogP contribution is -2.28. The molecule has 0 spiro atoms. The first-order chi connectivity index (χ1) is 10.1. The van der Waals surface area contributed by atoms with Gasteiger partial charge in [0.05, 0.1) is 11.5 Å². The SMILES string of the molecule is CCc1ccc(CNC2CC2)cc1S(=O)(=O)NCCOC. The molecule has 0 aliphatic heterocycles. The highest BCUT2D eigenvalue weighted by Gasteiger charge is 2.21. The third kappa shape index (κ3) is 4.78. The lowest BCUT2D eigenvalue weighted by Gasteiger charge is -2.13. The van der Waals surface area contributed by atoms with Gasteiger partial charge < -0.3 is 10.1 Å². The van der Waals surface area contributed by atoms with Crippen molar-refractivity contribution in [2.75, 3.05) is 20.3 Å². The zero-order valence-electron chi connectivity index (χ0n) is 12.7. The van der Waals surface area contributed by atoms with Crippen molar-refractivity contribution in [1.82, 2.24) is 10.0 Å². The predicted molar refractivity (Wildman–Crippen MR) is 82.7 cm³/mol. The minimum atomic E-state index is -3.48. The second-order valence-corrected chi connectivity index (χ2v) is 7.08. The normalized spacial score (nSPS) is 15.3. The van der Waals surface area contributed by atoms with Crippen LogP contribution in [0.5, 0.6) is 0 Å². The van der Waals surface area contributed by atoms with Crippen LogP contribution in [0, 0.1) is 0 Å². The molecule has 1 aromatic rings. The van der Waals surface area contributed by atoms with E-state index in [4.69, 9.17) is 4.74 Å². The van der Waals surface area contributed by atoms with Gasteiger partial charge in [-0.2, -0.15) is 0 Å². The second-order valence-electron chi connectivity index (χ2n) is 5.34. The molecule has 118 valence electrons. The van der Waals surface area contributed by atoms with Gasteiger partial charge in [0.2, 0.25) is 10.0 Å². The van der Waals surface area contributed by atoms with E-state index < -0.39 is 10.0 Å². The topological polar surface area (TPSA) is 67.4 Å². The third-order valence-electron chi connectivity index (χ3n) is 3.57. The van der Waals surface area contributed by atoms with Crippen molar-refractivity contribution >= 4 is 10.0 Å². The predicted octanol–water partition coefficient (Wildman–Crippen LogP) is 1.43. The van der Waals surface area contributed by atoms with Crippen molar-refractivity contribution in [3.8, 4) is 0 Å². The molecule has 0 heterocycles. The molecule has 2 N–H and O–H groups in total. The Labute approximate surface area is 127 Å². The smallest absolute Gasteiger partial charge is 0.240 e. The van der Waals surface area contributed by atoms with Crippen LogP contribution < -0.4 is 10.0 Å². The molecule has 2 rings (SSSR count). The molecular weight excluding hydrogens is 288 g/mol. The monoisotopic (exact) mass is 312 g/mol. The molecule has 0 atom stereocenters. The molecule has 1 aliphatic rings. The van der Waals surface area contributed by atoms with Gasteiger partial charge >= 0.3 is 0 Å². The van der Waals surface area contributed by atoms with E-state index in [1.165, 1.54) is 12.8 Å². The van der Waals surface area contributed by atoms with Crippen LogP contribution in [0.4, 0.5) is 0 Å². The summed E-state index contributed by atoms with van der Waals surface area (Å²) in [5.74, 6) is 0. The van der Waals surface area contributed by atoms with Gasteiger partial charge in [0.1, 0.15) is 0 Å². The Hall–Kier alpha value is -0.950. The summed E-state index contributed by atoms with van der Waals surface area (Å²) in [6, 6.07) is 6.30. The Bertz CT molecular complexity index is 568. The van der Waals surface area contributed by atoms with Gasteiger partial charge in [0, 0.05) is 26.2 Å². The van der Waals surface area contributed by atoms with Gasteiger partial charge in [-0.3, -0.25) is 0 Å². The highest BCUT2D eigenvalue weighted by Crippen LogP contribution is 2.21. The maximum absolute atomic E-state index is 12.4. The average Bonchev–Trinajstić information content (AvgIpc) is 3.29. The van der Waals surface area contributed by atoms with Gasteiger partial charge in [-0.05, 0) is 36.5 Å². The quantitative estimate of drug-likeness (QED) is 0.677. The number of hydrogen-bond acceptors (Lipinski definition) is 4. The largest absolute Gasteiger partial charge is 0.383 e. The summed E-state index contributed by atoms with van der Waals surface area (Å²) < 4.78 is 32.3. The number of sulfonamides is 1. The third-order valence-corrected chi connectivity index (χ3v) is 5.12. The van der Waals surface area contributed by atoms with Crippen LogP contribution in [0.3, 0.4) is 0 Å². The molecule has 0 saturated heterocycles. The van der Waals surface area contributed by atoms with Gasteiger partial charge in [0.15, 0.2) is 0 Å². The van der Waals surface area contributed by atoms with Gasteiger partial charge in [-0.25, -0.2) is 13.1 Å². The Morgan fingerprint density at radius 2 is 2.10 bits per heavy atom. The van der Waals surface area contributed by atoms with E-state index in [-0.39, 0.29) is 6.54 Å². The van der Waals surface area contributed by atoms with E-state index in [9.17, 15) is 8.42 Å². The standard InChI is InChI=1S/C15H24N2O3S/c1-3-13-5-4-12(11-16-14-6-7-14)10-15(13)21(18,19)17-8-9-20-2/h4-5,10,14,16-17H,3,6-9,11H2,1-2H3. The number of nitrogens with one attached hydrogen (secondary N) is 2. The molecule has 1 aromatic carbocycles. The average molecular weight is 312 g/mol. The van der Waals surface area contributed by atoms with Crippen molar-refractivity contribution in [3.63, 3.8) is 0 Å². The Kier molecular flexibility index (Phi) is 5.75. The van der Waals surface area contributed by atoms with Crippen molar-refractivity contribution in [1.29, 1.82) is 0 Å². The van der Waals surface area contributed by atoms with Crippen LogP contribution in [0.1, 0.15) is 30.9 Å². The first kappa shape index (κ1) is 16.4. The van der Waals surface area contributed by atoms with E-state index in [1.54, 1.807) is 13.2 Å². The van der Waals surface area contributed by atoms with Crippen LogP contribution in [0.25, 0.3) is 0 Å². The minimum Gasteiger partial charge on any atom is -0.383 e. The van der Waals surface area contributed by atoms with Crippen LogP contribution >= 0.6 is 0 Å². The van der Waals surface area contributed by atoms with Gasteiger partial charge in [0.25, 0.3) is 0 Å². The van der Waals surface area contributed by atoms with E-state index in [0.717, 1.165) is 17.7 Å². The maximum atomic E-state index is 12.4. The molecular formula is C15H24N2O3S. The lowest BCUT2D eigenvalue weighted by atomic mass is 10.1. The minimum absolute atomic E-state index is 0.284. The molecule has 0 amide bonds. The summed E-state index contributed by atoms with van der Waals surface area (Å²) >= 11 is 0. The molecule has 5 nitrogen and oxygen atoms in total. The fraction of sp³-hybridized carbons (Fsp3) is 0.600. The lowest BCUT2D eigenvalue weighted by molar-refractivity contribution is 0.204. The molecule has 6 heteroatoms. The molecule has 0 unspecified atom stereocenters. The fourth-order valence-corrected chi connectivity index (χ4v) is 3.53. The molecule has 0 aromatic heterocycles. The highest BCUT2D eigenvalue weighted by atomic mass is 32.2. The van der Waals surface area contributed by atoms with Crippen LogP contribution in [-0.4, -0.2) is 34.7 Å². The Balaban J connectivity index is 2.15.